The zero-order valence-corrected chi connectivity index (χ0v) is 21.7. The Bertz CT molecular complexity index is 789. The van der Waals surface area contributed by atoms with Crippen LogP contribution in [0.5, 0.6) is 0 Å². The van der Waals surface area contributed by atoms with Crippen molar-refractivity contribution >= 4 is 0 Å². The molecule has 0 aromatic rings. The Morgan fingerprint density at radius 2 is 1.62 bits per heavy atom. The van der Waals surface area contributed by atoms with Crippen LogP contribution in [0, 0.1) is 46.3 Å². The third-order valence-electron chi connectivity index (χ3n) is 12.3. The van der Waals surface area contributed by atoms with E-state index in [9.17, 15) is 10.2 Å². The number of ether oxygens (including phenoxy) is 1. The minimum absolute atomic E-state index is 0.133. The topological polar surface area (TPSA) is 53.0 Å². The van der Waals surface area contributed by atoms with Crippen molar-refractivity contribution in [1.29, 1.82) is 0 Å². The first-order chi connectivity index (χ1) is 14.9. The summed E-state index contributed by atoms with van der Waals surface area (Å²) in [7, 11) is 0. The second-order valence-corrected chi connectivity index (χ2v) is 13.6. The molecule has 5 aliphatic rings. The summed E-state index contributed by atoms with van der Waals surface area (Å²) in [5.41, 5.74) is 1.45. The highest BCUT2D eigenvalue weighted by Gasteiger charge is 2.81. The number of fused-ring (bicyclic) bond motifs is 6. The van der Waals surface area contributed by atoms with E-state index in [1.165, 1.54) is 25.7 Å². The lowest BCUT2D eigenvalue weighted by Crippen LogP contribution is -2.54. The van der Waals surface area contributed by atoms with Gasteiger partial charge in [0.1, 0.15) is 11.2 Å². The van der Waals surface area contributed by atoms with E-state index in [4.69, 9.17) is 4.74 Å². The summed E-state index contributed by atoms with van der Waals surface area (Å²) in [6.07, 6.45) is 11.0. The van der Waals surface area contributed by atoms with Crippen LogP contribution in [0.25, 0.3) is 0 Å². The van der Waals surface area contributed by atoms with Crippen LogP contribution in [0.2, 0.25) is 0 Å². The lowest BCUT2D eigenvalue weighted by Gasteiger charge is -2.58. The van der Waals surface area contributed by atoms with E-state index in [0.717, 1.165) is 37.5 Å². The van der Waals surface area contributed by atoms with Crippen molar-refractivity contribution in [2.24, 2.45) is 46.3 Å². The van der Waals surface area contributed by atoms with Crippen molar-refractivity contribution in [2.75, 3.05) is 0 Å². The quantitative estimate of drug-likeness (QED) is 0.405. The first kappa shape index (κ1) is 23.4. The Hall–Kier alpha value is -0.380. The average Bonchev–Trinajstić information content (AvgIpc) is 3.27. The summed E-state index contributed by atoms with van der Waals surface area (Å²) in [6.45, 7) is 16.3. The number of aliphatic hydroxyl groups excluding tert-OH is 2. The van der Waals surface area contributed by atoms with Crippen LogP contribution < -0.4 is 0 Å². The summed E-state index contributed by atoms with van der Waals surface area (Å²) in [5.74, 6) is 3.46. The molecule has 0 amide bonds. The normalized spacial score (nSPS) is 52.6. The Morgan fingerprint density at radius 1 is 0.938 bits per heavy atom. The predicted molar refractivity (Wildman–Crippen MR) is 129 cm³/mol. The highest BCUT2D eigenvalue weighted by Crippen LogP contribution is 2.76. The van der Waals surface area contributed by atoms with Crippen molar-refractivity contribution < 1.29 is 14.9 Å². The zero-order valence-electron chi connectivity index (χ0n) is 21.7. The molecule has 0 aromatic carbocycles. The minimum Gasteiger partial charge on any atom is -0.393 e. The minimum atomic E-state index is -0.402. The van der Waals surface area contributed by atoms with E-state index < -0.39 is 11.7 Å². The van der Waals surface area contributed by atoms with E-state index in [1.54, 1.807) is 5.57 Å². The Labute approximate surface area is 196 Å². The van der Waals surface area contributed by atoms with Gasteiger partial charge < -0.3 is 14.9 Å². The number of allylic oxidation sites excluding steroid dienone is 1. The van der Waals surface area contributed by atoms with Gasteiger partial charge in [-0.1, -0.05) is 53.2 Å². The molecule has 1 heterocycles. The molecule has 2 N–H and O–H groups in total. The van der Waals surface area contributed by atoms with Gasteiger partial charge in [0.25, 0.3) is 0 Å². The molecule has 1 aliphatic heterocycles. The largest absolute Gasteiger partial charge is 0.393 e. The zero-order chi connectivity index (χ0) is 23.3. The highest BCUT2D eigenvalue weighted by atomic mass is 16.6. The van der Waals surface area contributed by atoms with Gasteiger partial charge in [-0.3, -0.25) is 0 Å². The van der Waals surface area contributed by atoms with Gasteiger partial charge in [0.2, 0.25) is 0 Å². The SMILES string of the molecule is CC(C)C(C)C(C)C(O)C1(C)OC12CCC1C3CC=C4CC(O)CCC4(C)C3CCC12C. The van der Waals surface area contributed by atoms with Crippen molar-refractivity contribution in [1.82, 2.24) is 0 Å². The monoisotopic (exact) mass is 444 g/mol. The third kappa shape index (κ3) is 2.83. The molecule has 1 saturated heterocycles. The van der Waals surface area contributed by atoms with Gasteiger partial charge in [-0.2, -0.15) is 0 Å². The molecule has 11 atom stereocenters. The third-order valence-corrected chi connectivity index (χ3v) is 12.3. The Morgan fingerprint density at radius 3 is 2.31 bits per heavy atom. The van der Waals surface area contributed by atoms with E-state index >= 15 is 0 Å². The van der Waals surface area contributed by atoms with Crippen LogP contribution >= 0.6 is 0 Å². The standard InChI is InChI=1S/C29H48O3/c1-17(2)18(3)19(4)25(31)28(7)29(32-28)15-12-24-22-9-8-20-16-21(30)10-13-26(20,5)23(22)11-14-27(24,29)6/h8,17-19,21-25,30-31H,9-16H2,1-7H3. The van der Waals surface area contributed by atoms with Crippen molar-refractivity contribution in [3.8, 4) is 0 Å². The summed E-state index contributed by atoms with van der Waals surface area (Å²) in [5, 5.41) is 21.8. The van der Waals surface area contributed by atoms with Crippen LogP contribution in [-0.4, -0.2) is 33.6 Å². The maximum atomic E-state index is 11.6. The fraction of sp³-hybridized carbons (Fsp3) is 0.931. The van der Waals surface area contributed by atoms with Crippen LogP contribution in [0.4, 0.5) is 0 Å². The van der Waals surface area contributed by atoms with Crippen LogP contribution in [0.15, 0.2) is 11.6 Å². The van der Waals surface area contributed by atoms with E-state index in [-0.39, 0.29) is 28.5 Å². The van der Waals surface area contributed by atoms with E-state index in [0.29, 0.717) is 17.8 Å². The van der Waals surface area contributed by atoms with Gasteiger partial charge >= 0.3 is 0 Å². The first-order valence-electron chi connectivity index (χ1n) is 13.7. The van der Waals surface area contributed by atoms with Gasteiger partial charge in [0, 0.05) is 5.41 Å². The molecule has 1 spiro atoms. The maximum Gasteiger partial charge on any atom is 0.122 e. The lowest BCUT2D eigenvalue weighted by atomic mass is 9.46. The van der Waals surface area contributed by atoms with Crippen molar-refractivity contribution in [3.05, 3.63) is 11.6 Å². The molecule has 4 aliphatic carbocycles. The second-order valence-electron chi connectivity index (χ2n) is 13.6. The number of epoxide rings is 1. The summed E-state index contributed by atoms with van der Waals surface area (Å²) in [4.78, 5) is 0. The second kappa shape index (κ2) is 7.31. The molecule has 182 valence electrons. The molecular formula is C29H48O3. The van der Waals surface area contributed by atoms with Crippen LogP contribution in [0.3, 0.4) is 0 Å². The average molecular weight is 445 g/mol. The Kier molecular flexibility index (Phi) is 5.34. The van der Waals surface area contributed by atoms with E-state index in [1.807, 2.05) is 0 Å². The molecule has 3 heteroatoms. The smallest absolute Gasteiger partial charge is 0.122 e. The molecule has 11 unspecified atom stereocenters. The fourth-order valence-electron chi connectivity index (χ4n) is 9.65. The molecule has 3 nitrogen and oxygen atoms in total. The molecule has 32 heavy (non-hydrogen) atoms. The summed E-state index contributed by atoms with van der Waals surface area (Å²) < 4.78 is 6.77. The van der Waals surface area contributed by atoms with Gasteiger partial charge in [0.05, 0.1) is 12.2 Å². The van der Waals surface area contributed by atoms with Gasteiger partial charge in [-0.05, 0) is 99.2 Å². The predicted octanol–water partition coefficient (Wildman–Crippen LogP) is 6.13. The first-order valence-corrected chi connectivity index (χ1v) is 13.7. The van der Waals surface area contributed by atoms with Gasteiger partial charge in [0.15, 0.2) is 0 Å². The molecule has 0 radical (unpaired) electrons. The number of hydrogen-bond donors (Lipinski definition) is 2. The highest BCUT2D eigenvalue weighted by molar-refractivity contribution is 5.32. The molecular weight excluding hydrogens is 396 g/mol. The Balaban J connectivity index is 1.41. The van der Waals surface area contributed by atoms with E-state index in [2.05, 4.69) is 54.5 Å². The molecule has 0 bridgehead atoms. The van der Waals surface area contributed by atoms with Crippen molar-refractivity contribution in [2.45, 2.75) is 123 Å². The van der Waals surface area contributed by atoms with Crippen LogP contribution in [-0.2, 0) is 4.74 Å². The lowest BCUT2D eigenvalue weighted by molar-refractivity contribution is -0.0568. The number of hydrogen-bond acceptors (Lipinski definition) is 3. The molecule has 0 aromatic heterocycles. The van der Waals surface area contributed by atoms with Gasteiger partial charge in [-0.25, -0.2) is 0 Å². The number of aliphatic hydroxyl groups is 2. The van der Waals surface area contributed by atoms with Crippen molar-refractivity contribution in [3.63, 3.8) is 0 Å². The molecule has 5 rings (SSSR count). The number of rotatable bonds is 4. The van der Waals surface area contributed by atoms with Crippen LogP contribution in [0.1, 0.15) is 99.8 Å². The van der Waals surface area contributed by atoms with Gasteiger partial charge in [-0.15, -0.1) is 0 Å². The summed E-state index contributed by atoms with van der Waals surface area (Å²) >= 11 is 0. The molecule has 3 saturated carbocycles. The molecule has 4 fully saturated rings. The maximum absolute atomic E-state index is 11.6. The fourth-order valence-corrected chi connectivity index (χ4v) is 9.65. The summed E-state index contributed by atoms with van der Waals surface area (Å²) in [6, 6.07) is 0.